The van der Waals surface area contributed by atoms with Gasteiger partial charge in [-0.3, -0.25) is 4.90 Å². The first-order valence-electron chi connectivity index (χ1n) is 6.87. The summed E-state index contributed by atoms with van der Waals surface area (Å²) >= 11 is 5.92. The fourth-order valence-electron chi connectivity index (χ4n) is 2.26. The first-order chi connectivity index (χ1) is 9.81. The van der Waals surface area contributed by atoms with Crippen LogP contribution < -0.4 is 5.32 Å². The molecule has 0 aliphatic carbocycles. The van der Waals surface area contributed by atoms with Gasteiger partial charge >= 0.3 is 0 Å². The summed E-state index contributed by atoms with van der Waals surface area (Å²) in [6, 6.07) is 3.67. The van der Waals surface area contributed by atoms with Crippen LogP contribution in [-0.4, -0.2) is 58.9 Å². The summed E-state index contributed by atoms with van der Waals surface area (Å²) in [5.41, 5.74) is 0.796. The number of halogens is 1. The van der Waals surface area contributed by atoms with Gasteiger partial charge < -0.3 is 10.1 Å². The van der Waals surface area contributed by atoms with Gasteiger partial charge in [-0.2, -0.15) is 4.98 Å². The zero-order valence-corrected chi connectivity index (χ0v) is 12.0. The van der Waals surface area contributed by atoms with Gasteiger partial charge in [0.15, 0.2) is 5.65 Å². The van der Waals surface area contributed by atoms with Crippen molar-refractivity contribution in [3.8, 4) is 0 Å². The molecule has 2 aromatic heterocycles. The van der Waals surface area contributed by atoms with E-state index in [0.29, 0.717) is 11.0 Å². The lowest BCUT2D eigenvalue weighted by molar-refractivity contribution is 0.0378. The van der Waals surface area contributed by atoms with Crippen molar-refractivity contribution < 1.29 is 4.74 Å². The highest BCUT2D eigenvalue weighted by atomic mass is 35.5. The maximum absolute atomic E-state index is 5.92. The van der Waals surface area contributed by atoms with E-state index in [0.717, 1.165) is 51.5 Å². The number of morpholine rings is 1. The number of aromatic nitrogens is 3. The Morgan fingerprint density at radius 2 is 2.15 bits per heavy atom. The van der Waals surface area contributed by atoms with E-state index in [1.54, 1.807) is 10.7 Å². The van der Waals surface area contributed by atoms with Crippen molar-refractivity contribution >= 4 is 23.2 Å². The van der Waals surface area contributed by atoms with Crippen molar-refractivity contribution in [3.63, 3.8) is 0 Å². The zero-order chi connectivity index (χ0) is 13.8. The van der Waals surface area contributed by atoms with E-state index in [1.807, 2.05) is 12.1 Å². The van der Waals surface area contributed by atoms with E-state index < -0.39 is 0 Å². The first kappa shape index (κ1) is 13.6. The second kappa shape index (κ2) is 6.39. The largest absolute Gasteiger partial charge is 0.379 e. The van der Waals surface area contributed by atoms with Crippen LogP contribution in [0.5, 0.6) is 0 Å². The van der Waals surface area contributed by atoms with Crippen LogP contribution in [0, 0.1) is 0 Å². The lowest BCUT2D eigenvalue weighted by Gasteiger charge is -2.26. The Morgan fingerprint density at radius 3 is 3.00 bits per heavy atom. The lowest BCUT2D eigenvalue weighted by Crippen LogP contribution is -2.37. The summed E-state index contributed by atoms with van der Waals surface area (Å²) in [4.78, 5) is 6.81. The van der Waals surface area contributed by atoms with Gasteiger partial charge in [-0.25, -0.2) is 4.52 Å². The molecule has 3 rings (SSSR count). The molecule has 7 heteroatoms. The van der Waals surface area contributed by atoms with Gasteiger partial charge in [-0.1, -0.05) is 11.6 Å². The molecule has 1 aliphatic rings. The lowest BCUT2D eigenvalue weighted by atomic mass is 10.3. The van der Waals surface area contributed by atoms with Crippen molar-refractivity contribution in [2.75, 3.05) is 44.7 Å². The van der Waals surface area contributed by atoms with E-state index in [4.69, 9.17) is 16.3 Å². The number of rotatable bonds is 5. The predicted molar refractivity (Wildman–Crippen MR) is 78.4 cm³/mol. The highest BCUT2D eigenvalue weighted by molar-refractivity contribution is 6.30. The molecule has 108 valence electrons. The number of pyridine rings is 1. The van der Waals surface area contributed by atoms with Crippen LogP contribution in [0.1, 0.15) is 6.42 Å². The van der Waals surface area contributed by atoms with E-state index >= 15 is 0 Å². The number of nitrogens with zero attached hydrogens (tertiary/aromatic N) is 4. The van der Waals surface area contributed by atoms with Crippen LogP contribution in [0.25, 0.3) is 5.65 Å². The third kappa shape index (κ3) is 3.39. The minimum Gasteiger partial charge on any atom is -0.379 e. The third-order valence-corrected chi connectivity index (χ3v) is 3.56. The molecule has 1 aliphatic heterocycles. The Kier molecular flexibility index (Phi) is 4.34. The van der Waals surface area contributed by atoms with Crippen LogP contribution in [0.4, 0.5) is 5.95 Å². The normalized spacial score (nSPS) is 16.6. The van der Waals surface area contributed by atoms with Crippen molar-refractivity contribution in [1.29, 1.82) is 0 Å². The quantitative estimate of drug-likeness (QED) is 0.848. The molecule has 3 heterocycles. The van der Waals surface area contributed by atoms with Gasteiger partial charge in [0.25, 0.3) is 0 Å². The highest BCUT2D eigenvalue weighted by Crippen LogP contribution is 2.11. The van der Waals surface area contributed by atoms with Crippen LogP contribution in [0.15, 0.2) is 18.3 Å². The molecule has 2 aromatic rings. The maximum atomic E-state index is 5.92. The Hall–Kier alpha value is -1.37. The van der Waals surface area contributed by atoms with Crippen molar-refractivity contribution in [1.82, 2.24) is 19.5 Å². The molecule has 1 fully saturated rings. The van der Waals surface area contributed by atoms with Crippen LogP contribution in [-0.2, 0) is 4.74 Å². The molecule has 1 N–H and O–H groups in total. The van der Waals surface area contributed by atoms with Crippen molar-refractivity contribution in [3.05, 3.63) is 23.4 Å². The number of hydrogen-bond acceptors (Lipinski definition) is 5. The van der Waals surface area contributed by atoms with E-state index in [9.17, 15) is 0 Å². The molecule has 1 saturated heterocycles. The Balaban J connectivity index is 1.47. The zero-order valence-electron chi connectivity index (χ0n) is 11.3. The second-order valence-electron chi connectivity index (χ2n) is 4.82. The van der Waals surface area contributed by atoms with E-state index in [1.165, 1.54) is 0 Å². The minimum absolute atomic E-state index is 0.647. The van der Waals surface area contributed by atoms with E-state index in [2.05, 4.69) is 20.3 Å². The smallest absolute Gasteiger partial charge is 0.243 e. The average molecular weight is 296 g/mol. The van der Waals surface area contributed by atoms with Gasteiger partial charge in [0.1, 0.15) is 0 Å². The third-order valence-electron chi connectivity index (χ3n) is 3.33. The SMILES string of the molecule is Clc1ccc2nc(NCCCN3CCOCC3)nn2c1. The number of fused-ring (bicyclic) bond motifs is 1. The van der Waals surface area contributed by atoms with Gasteiger partial charge in [-0.15, -0.1) is 5.10 Å². The summed E-state index contributed by atoms with van der Waals surface area (Å²) in [5, 5.41) is 8.24. The average Bonchev–Trinajstić information content (AvgIpc) is 2.86. The van der Waals surface area contributed by atoms with Gasteiger partial charge in [0.05, 0.1) is 18.2 Å². The molecule has 0 amide bonds. The number of anilines is 1. The molecule has 0 saturated carbocycles. The first-order valence-corrected chi connectivity index (χ1v) is 7.25. The van der Waals surface area contributed by atoms with Gasteiger partial charge in [0, 0.05) is 25.8 Å². The molecule has 0 atom stereocenters. The highest BCUT2D eigenvalue weighted by Gasteiger charge is 2.09. The topological polar surface area (TPSA) is 54.7 Å². The molecule has 0 aromatic carbocycles. The molecule has 0 spiro atoms. The van der Waals surface area contributed by atoms with Gasteiger partial charge in [-0.05, 0) is 25.1 Å². The second-order valence-corrected chi connectivity index (χ2v) is 5.26. The standard InChI is InChI=1S/C13H18ClN5O/c14-11-2-3-12-16-13(17-19(12)10-11)15-4-1-5-18-6-8-20-9-7-18/h2-3,10H,1,4-9H2,(H,15,17). The summed E-state index contributed by atoms with van der Waals surface area (Å²) in [7, 11) is 0. The van der Waals surface area contributed by atoms with E-state index in [-0.39, 0.29) is 0 Å². The monoisotopic (exact) mass is 295 g/mol. The summed E-state index contributed by atoms with van der Waals surface area (Å²) in [6.45, 7) is 5.71. The van der Waals surface area contributed by atoms with Gasteiger partial charge in [0.2, 0.25) is 5.95 Å². The van der Waals surface area contributed by atoms with Crippen molar-refractivity contribution in [2.24, 2.45) is 0 Å². The molecule has 20 heavy (non-hydrogen) atoms. The summed E-state index contributed by atoms with van der Waals surface area (Å²) in [5.74, 6) is 0.647. The minimum atomic E-state index is 0.647. The molecule has 0 bridgehead atoms. The molecule has 0 radical (unpaired) electrons. The maximum Gasteiger partial charge on any atom is 0.243 e. The van der Waals surface area contributed by atoms with Crippen molar-refractivity contribution in [2.45, 2.75) is 6.42 Å². The van der Waals surface area contributed by atoms with Crippen LogP contribution in [0.2, 0.25) is 5.02 Å². The fourth-order valence-corrected chi connectivity index (χ4v) is 2.42. The molecule has 0 unspecified atom stereocenters. The Labute approximate surface area is 122 Å². The summed E-state index contributed by atoms with van der Waals surface area (Å²) < 4.78 is 7.01. The number of ether oxygens (including phenoxy) is 1. The predicted octanol–water partition coefficient (Wildman–Crippen LogP) is 1.52. The fraction of sp³-hybridized carbons (Fsp3) is 0.538. The Bertz CT molecular complexity index is 567. The Morgan fingerprint density at radius 1 is 1.30 bits per heavy atom. The van der Waals surface area contributed by atoms with Crippen LogP contribution >= 0.6 is 11.6 Å². The molecular formula is C13H18ClN5O. The number of nitrogens with one attached hydrogen (secondary N) is 1. The summed E-state index contributed by atoms with van der Waals surface area (Å²) in [6.07, 6.45) is 2.82. The van der Waals surface area contributed by atoms with Crippen LogP contribution in [0.3, 0.4) is 0 Å². The number of hydrogen-bond donors (Lipinski definition) is 1. The molecule has 6 nitrogen and oxygen atoms in total. The molecular weight excluding hydrogens is 278 g/mol.